The van der Waals surface area contributed by atoms with E-state index in [1.165, 1.54) is 0 Å². The van der Waals surface area contributed by atoms with E-state index in [2.05, 4.69) is 5.32 Å². The maximum absolute atomic E-state index is 12.6. The number of ether oxygens (including phenoxy) is 1. The lowest BCUT2D eigenvalue weighted by Crippen LogP contribution is -2.55. The van der Waals surface area contributed by atoms with Crippen molar-refractivity contribution in [2.45, 2.75) is 44.4 Å². The molecule has 0 bridgehead atoms. The Morgan fingerprint density at radius 3 is 2.68 bits per heavy atom. The van der Waals surface area contributed by atoms with E-state index < -0.39 is 6.10 Å². The largest absolute Gasteiger partial charge is 0.356 e. The molecule has 1 aromatic carbocycles. The van der Waals surface area contributed by atoms with Crippen LogP contribution in [-0.4, -0.2) is 42.5 Å². The van der Waals surface area contributed by atoms with Crippen molar-refractivity contribution in [1.82, 2.24) is 10.2 Å². The molecule has 0 radical (unpaired) electrons. The molecule has 0 spiro atoms. The van der Waals surface area contributed by atoms with Crippen LogP contribution in [0.4, 0.5) is 0 Å². The minimum absolute atomic E-state index is 0.0400. The van der Waals surface area contributed by atoms with E-state index in [1.54, 1.807) is 11.9 Å². The van der Waals surface area contributed by atoms with Gasteiger partial charge >= 0.3 is 0 Å². The van der Waals surface area contributed by atoms with E-state index in [4.69, 9.17) is 4.74 Å². The topological polar surface area (TPSA) is 58.6 Å². The van der Waals surface area contributed by atoms with Crippen molar-refractivity contribution in [3.8, 4) is 0 Å². The molecule has 0 unspecified atom stereocenters. The smallest absolute Gasteiger partial charge is 0.251 e. The summed E-state index contributed by atoms with van der Waals surface area (Å²) < 4.78 is 5.61. The number of carbonyl (C=O) groups excluding carboxylic acids is 2. The van der Waals surface area contributed by atoms with Crippen molar-refractivity contribution in [2.24, 2.45) is 0 Å². The van der Waals surface area contributed by atoms with Crippen LogP contribution in [0.1, 0.15) is 36.4 Å². The SMILES string of the molecule is Cc1ccccc1[C@@H]1[C@@H](C(=O)NC2CCC2)OCC(=O)N1C. The molecule has 5 nitrogen and oxygen atoms in total. The van der Waals surface area contributed by atoms with E-state index in [0.717, 1.165) is 30.4 Å². The highest BCUT2D eigenvalue weighted by atomic mass is 16.5. The number of nitrogens with zero attached hydrogens (tertiary/aromatic N) is 1. The third-order valence-electron chi connectivity index (χ3n) is 4.70. The summed E-state index contributed by atoms with van der Waals surface area (Å²) in [5.41, 5.74) is 2.02. The molecule has 22 heavy (non-hydrogen) atoms. The summed E-state index contributed by atoms with van der Waals surface area (Å²) in [5.74, 6) is -0.210. The van der Waals surface area contributed by atoms with E-state index in [1.807, 2.05) is 31.2 Å². The van der Waals surface area contributed by atoms with Crippen LogP contribution >= 0.6 is 0 Å². The van der Waals surface area contributed by atoms with Crippen LogP contribution in [0.25, 0.3) is 0 Å². The molecule has 5 heteroatoms. The molecular weight excluding hydrogens is 280 g/mol. The molecule has 1 heterocycles. The fourth-order valence-corrected chi connectivity index (χ4v) is 3.06. The molecule has 1 saturated carbocycles. The first-order valence-electron chi connectivity index (χ1n) is 7.81. The molecule has 2 aliphatic rings. The van der Waals surface area contributed by atoms with Gasteiger partial charge in [0.25, 0.3) is 5.91 Å². The lowest BCUT2D eigenvalue weighted by molar-refractivity contribution is -0.162. The molecule has 2 amide bonds. The summed E-state index contributed by atoms with van der Waals surface area (Å²) >= 11 is 0. The minimum atomic E-state index is -0.649. The van der Waals surface area contributed by atoms with E-state index in [9.17, 15) is 9.59 Å². The van der Waals surface area contributed by atoms with Crippen LogP contribution in [0.3, 0.4) is 0 Å². The summed E-state index contributed by atoms with van der Waals surface area (Å²) in [4.78, 5) is 26.2. The third-order valence-corrected chi connectivity index (χ3v) is 4.70. The van der Waals surface area contributed by atoms with Gasteiger partial charge in [-0.15, -0.1) is 0 Å². The normalized spacial score (nSPS) is 25.7. The Labute approximate surface area is 130 Å². The second-order valence-corrected chi connectivity index (χ2v) is 6.17. The van der Waals surface area contributed by atoms with Crippen LogP contribution in [0.2, 0.25) is 0 Å². The fraction of sp³-hybridized carbons (Fsp3) is 0.529. The Bertz CT molecular complexity index is 583. The standard InChI is InChI=1S/C17H22N2O3/c1-11-6-3-4-9-13(11)15-16(22-10-14(20)19(15)2)17(21)18-12-7-5-8-12/h3-4,6,9,12,15-16H,5,7-8,10H2,1-2H3,(H,18,21)/t15-,16+/m1/s1. The highest BCUT2D eigenvalue weighted by molar-refractivity contribution is 5.86. The number of nitrogens with one attached hydrogen (secondary N) is 1. The highest BCUT2D eigenvalue weighted by Gasteiger charge is 2.41. The number of amides is 2. The number of aryl methyl sites for hydroxylation is 1. The maximum atomic E-state index is 12.6. The molecule has 0 aromatic heterocycles. The molecule has 1 aliphatic heterocycles. The van der Waals surface area contributed by atoms with Crippen molar-refractivity contribution < 1.29 is 14.3 Å². The van der Waals surface area contributed by atoms with Crippen LogP contribution in [0.5, 0.6) is 0 Å². The van der Waals surface area contributed by atoms with Gasteiger partial charge in [-0.05, 0) is 37.3 Å². The average Bonchev–Trinajstić information content (AvgIpc) is 2.46. The number of carbonyl (C=O) groups is 2. The summed E-state index contributed by atoms with van der Waals surface area (Å²) in [7, 11) is 1.74. The second kappa shape index (κ2) is 6.08. The number of likely N-dealkylation sites (N-methyl/N-ethyl adjacent to an activating group) is 1. The van der Waals surface area contributed by atoms with Gasteiger partial charge in [0, 0.05) is 13.1 Å². The van der Waals surface area contributed by atoms with Gasteiger partial charge in [-0.1, -0.05) is 24.3 Å². The first kappa shape index (κ1) is 15.0. The summed E-state index contributed by atoms with van der Waals surface area (Å²) in [5, 5.41) is 3.04. The lowest BCUT2D eigenvalue weighted by atomic mass is 9.91. The Hall–Kier alpha value is -1.88. The first-order chi connectivity index (χ1) is 10.6. The van der Waals surface area contributed by atoms with Gasteiger partial charge in [-0.3, -0.25) is 9.59 Å². The maximum Gasteiger partial charge on any atom is 0.251 e. The zero-order chi connectivity index (χ0) is 15.7. The molecule has 1 N–H and O–H groups in total. The summed E-state index contributed by atoms with van der Waals surface area (Å²) in [6.45, 7) is 1.95. The molecule has 1 aromatic rings. The van der Waals surface area contributed by atoms with Crippen molar-refractivity contribution in [1.29, 1.82) is 0 Å². The number of hydrogen-bond donors (Lipinski definition) is 1. The van der Waals surface area contributed by atoms with Crippen LogP contribution < -0.4 is 5.32 Å². The average molecular weight is 302 g/mol. The van der Waals surface area contributed by atoms with Crippen LogP contribution in [0.15, 0.2) is 24.3 Å². The Kier molecular flexibility index (Phi) is 4.16. The molecule has 1 aliphatic carbocycles. The van der Waals surface area contributed by atoms with Crippen molar-refractivity contribution in [3.63, 3.8) is 0 Å². The Morgan fingerprint density at radius 2 is 2.05 bits per heavy atom. The fourth-order valence-electron chi connectivity index (χ4n) is 3.06. The Balaban J connectivity index is 1.87. The van der Waals surface area contributed by atoms with Crippen molar-refractivity contribution in [2.75, 3.05) is 13.7 Å². The van der Waals surface area contributed by atoms with E-state index >= 15 is 0 Å². The van der Waals surface area contributed by atoms with Crippen LogP contribution in [0, 0.1) is 6.92 Å². The first-order valence-corrected chi connectivity index (χ1v) is 7.81. The molecule has 2 atom stereocenters. The second-order valence-electron chi connectivity index (χ2n) is 6.17. The van der Waals surface area contributed by atoms with E-state index in [0.29, 0.717) is 0 Å². The molecule has 2 fully saturated rings. The van der Waals surface area contributed by atoms with Crippen molar-refractivity contribution >= 4 is 11.8 Å². The number of benzene rings is 1. The number of morpholine rings is 1. The highest BCUT2D eigenvalue weighted by Crippen LogP contribution is 2.31. The Morgan fingerprint density at radius 1 is 1.32 bits per heavy atom. The van der Waals surface area contributed by atoms with Gasteiger partial charge in [0.2, 0.25) is 5.91 Å². The van der Waals surface area contributed by atoms with Crippen molar-refractivity contribution in [3.05, 3.63) is 35.4 Å². The molecule has 3 rings (SSSR count). The minimum Gasteiger partial charge on any atom is -0.356 e. The monoisotopic (exact) mass is 302 g/mol. The van der Waals surface area contributed by atoms with Gasteiger partial charge in [-0.25, -0.2) is 0 Å². The predicted molar refractivity (Wildman–Crippen MR) is 82.2 cm³/mol. The zero-order valence-corrected chi connectivity index (χ0v) is 13.0. The van der Waals surface area contributed by atoms with Gasteiger partial charge in [-0.2, -0.15) is 0 Å². The summed E-state index contributed by atoms with van der Waals surface area (Å²) in [6, 6.07) is 7.72. The van der Waals surface area contributed by atoms with Gasteiger partial charge in [0.1, 0.15) is 6.61 Å². The molecular formula is C17H22N2O3. The van der Waals surface area contributed by atoms with Crippen LogP contribution in [-0.2, 0) is 14.3 Å². The summed E-state index contributed by atoms with van der Waals surface area (Å²) in [6.07, 6.45) is 2.57. The number of rotatable bonds is 3. The zero-order valence-electron chi connectivity index (χ0n) is 13.0. The quantitative estimate of drug-likeness (QED) is 0.922. The molecule has 118 valence electrons. The van der Waals surface area contributed by atoms with Gasteiger partial charge in [0.15, 0.2) is 6.10 Å². The lowest BCUT2D eigenvalue weighted by Gasteiger charge is -2.40. The van der Waals surface area contributed by atoms with E-state index in [-0.39, 0.29) is 30.5 Å². The predicted octanol–water partition coefficient (Wildman–Crippen LogP) is 1.56. The van der Waals surface area contributed by atoms with Gasteiger partial charge in [0.05, 0.1) is 6.04 Å². The molecule has 1 saturated heterocycles. The van der Waals surface area contributed by atoms with Gasteiger partial charge < -0.3 is 15.0 Å². The number of hydrogen-bond acceptors (Lipinski definition) is 3. The third kappa shape index (κ3) is 2.73.